The Morgan fingerprint density at radius 3 is 2.58 bits per heavy atom. The van der Waals surface area contributed by atoms with E-state index in [0.29, 0.717) is 22.9 Å². The van der Waals surface area contributed by atoms with Crippen LogP contribution in [-0.2, 0) is 12.2 Å². The predicted octanol–water partition coefficient (Wildman–Crippen LogP) is 4.29. The molecule has 0 radical (unpaired) electrons. The highest BCUT2D eigenvalue weighted by atomic mass is 19.1. The molecule has 0 fully saturated rings. The first-order valence-corrected chi connectivity index (χ1v) is 7.58. The monoisotopic (exact) mass is 327 g/mol. The first kappa shape index (κ1) is 16.2. The van der Waals surface area contributed by atoms with Crippen molar-refractivity contribution in [2.24, 2.45) is 0 Å². The van der Waals surface area contributed by atoms with Gasteiger partial charge < -0.3 is 14.3 Å². The minimum atomic E-state index is -0.884. The molecule has 0 saturated carbocycles. The zero-order valence-corrected chi connectivity index (χ0v) is 13.5. The SMILES string of the molecule is CC(C)(O)c1ccc(OCc2coc(-c3cccc(F)c3)n2)cc1. The van der Waals surface area contributed by atoms with Crippen LogP contribution in [0.5, 0.6) is 5.75 Å². The number of halogens is 1. The Hall–Kier alpha value is -2.66. The van der Waals surface area contributed by atoms with Gasteiger partial charge in [-0.25, -0.2) is 9.37 Å². The third-order valence-corrected chi connectivity index (χ3v) is 3.57. The molecule has 0 saturated heterocycles. The van der Waals surface area contributed by atoms with Crippen molar-refractivity contribution in [1.29, 1.82) is 0 Å². The summed E-state index contributed by atoms with van der Waals surface area (Å²) in [6.45, 7) is 3.69. The highest BCUT2D eigenvalue weighted by Crippen LogP contribution is 2.23. The summed E-state index contributed by atoms with van der Waals surface area (Å²) in [6, 6.07) is 13.3. The fraction of sp³-hybridized carbons (Fsp3) is 0.211. The highest BCUT2D eigenvalue weighted by molar-refractivity contribution is 5.52. The van der Waals surface area contributed by atoms with Gasteiger partial charge in [0.15, 0.2) is 0 Å². The van der Waals surface area contributed by atoms with Crippen molar-refractivity contribution in [2.45, 2.75) is 26.1 Å². The van der Waals surface area contributed by atoms with Crippen molar-refractivity contribution in [3.63, 3.8) is 0 Å². The maximum atomic E-state index is 13.2. The average molecular weight is 327 g/mol. The van der Waals surface area contributed by atoms with Crippen LogP contribution in [0.4, 0.5) is 4.39 Å². The molecule has 0 aliphatic heterocycles. The van der Waals surface area contributed by atoms with Crippen molar-refractivity contribution in [3.8, 4) is 17.2 Å². The Balaban J connectivity index is 1.65. The van der Waals surface area contributed by atoms with Gasteiger partial charge in [0.05, 0.1) is 5.60 Å². The molecule has 0 aliphatic carbocycles. The van der Waals surface area contributed by atoms with Gasteiger partial charge in [-0.3, -0.25) is 0 Å². The third-order valence-electron chi connectivity index (χ3n) is 3.57. The maximum absolute atomic E-state index is 13.2. The number of benzene rings is 2. The van der Waals surface area contributed by atoms with Gasteiger partial charge in [0.25, 0.3) is 0 Å². The molecule has 1 N–H and O–H groups in total. The number of nitrogens with zero attached hydrogens (tertiary/aromatic N) is 1. The molecule has 0 atom stereocenters. The van der Waals surface area contributed by atoms with Gasteiger partial charge in [-0.15, -0.1) is 0 Å². The number of hydrogen-bond acceptors (Lipinski definition) is 4. The van der Waals surface area contributed by atoms with Gasteiger partial charge in [0, 0.05) is 5.56 Å². The van der Waals surface area contributed by atoms with Gasteiger partial charge in [0.1, 0.15) is 30.1 Å². The van der Waals surface area contributed by atoms with Crippen molar-refractivity contribution in [3.05, 3.63) is 71.9 Å². The van der Waals surface area contributed by atoms with Crippen LogP contribution in [0, 0.1) is 5.82 Å². The minimum Gasteiger partial charge on any atom is -0.487 e. The number of aliphatic hydroxyl groups is 1. The minimum absolute atomic E-state index is 0.237. The molecule has 124 valence electrons. The van der Waals surface area contributed by atoms with Crippen molar-refractivity contribution in [2.75, 3.05) is 0 Å². The quantitative estimate of drug-likeness (QED) is 0.759. The van der Waals surface area contributed by atoms with E-state index in [9.17, 15) is 9.50 Å². The van der Waals surface area contributed by atoms with E-state index in [1.165, 1.54) is 18.4 Å². The van der Waals surface area contributed by atoms with Gasteiger partial charge in [0.2, 0.25) is 5.89 Å². The lowest BCUT2D eigenvalue weighted by atomic mass is 9.99. The maximum Gasteiger partial charge on any atom is 0.226 e. The van der Waals surface area contributed by atoms with Crippen LogP contribution in [0.1, 0.15) is 25.1 Å². The summed E-state index contributed by atoms with van der Waals surface area (Å²) in [7, 11) is 0. The summed E-state index contributed by atoms with van der Waals surface area (Å²) in [5.74, 6) is 0.680. The van der Waals surface area contributed by atoms with Crippen LogP contribution < -0.4 is 4.74 Å². The van der Waals surface area contributed by atoms with Gasteiger partial charge in [-0.05, 0) is 49.7 Å². The molecule has 3 rings (SSSR count). The molecule has 4 nitrogen and oxygen atoms in total. The Bertz CT molecular complexity index is 819. The Kier molecular flexibility index (Phi) is 4.36. The van der Waals surface area contributed by atoms with Gasteiger partial charge in [-0.1, -0.05) is 18.2 Å². The van der Waals surface area contributed by atoms with Gasteiger partial charge >= 0.3 is 0 Å². The molecule has 0 amide bonds. The lowest BCUT2D eigenvalue weighted by Crippen LogP contribution is -2.14. The molecule has 0 aliphatic rings. The molecule has 1 aromatic heterocycles. The molecule has 1 heterocycles. The zero-order chi connectivity index (χ0) is 17.2. The summed E-state index contributed by atoms with van der Waals surface area (Å²) < 4.78 is 24.3. The van der Waals surface area contributed by atoms with Crippen LogP contribution in [0.3, 0.4) is 0 Å². The first-order valence-electron chi connectivity index (χ1n) is 7.58. The van der Waals surface area contributed by atoms with E-state index in [1.54, 1.807) is 38.1 Å². The average Bonchev–Trinajstić information content (AvgIpc) is 3.01. The van der Waals surface area contributed by atoms with E-state index in [4.69, 9.17) is 9.15 Å². The molecular weight excluding hydrogens is 309 g/mol. The van der Waals surface area contributed by atoms with E-state index >= 15 is 0 Å². The standard InChI is InChI=1S/C19H18FNO3/c1-19(2,22)14-6-8-17(9-7-14)23-11-16-12-24-18(21-16)13-4-3-5-15(20)10-13/h3-10,12,22H,11H2,1-2H3. The fourth-order valence-corrected chi connectivity index (χ4v) is 2.24. The molecule has 2 aromatic carbocycles. The summed E-state index contributed by atoms with van der Waals surface area (Å²) in [4.78, 5) is 4.30. The Morgan fingerprint density at radius 2 is 1.92 bits per heavy atom. The zero-order valence-electron chi connectivity index (χ0n) is 13.5. The molecule has 24 heavy (non-hydrogen) atoms. The second-order valence-electron chi connectivity index (χ2n) is 6.03. The Labute approximate surface area is 139 Å². The third kappa shape index (κ3) is 3.81. The summed E-state index contributed by atoms with van der Waals surface area (Å²) >= 11 is 0. The van der Waals surface area contributed by atoms with Crippen molar-refractivity contribution < 1.29 is 18.7 Å². The second-order valence-corrected chi connectivity index (χ2v) is 6.03. The molecule has 5 heteroatoms. The van der Waals surface area contributed by atoms with Crippen LogP contribution in [0.25, 0.3) is 11.5 Å². The number of aromatic nitrogens is 1. The molecule has 0 unspecified atom stereocenters. The summed E-state index contributed by atoms with van der Waals surface area (Å²) in [5.41, 5.74) is 1.12. The predicted molar refractivity (Wildman–Crippen MR) is 87.9 cm³/mol. The number of rotatable bonds is 5. The summed E-state index contributed by atoms with van der Waals surface area (Å²) in [6.07, 6.45) is 1.49. The van der Waals surface area contributed by atoms with E-state index in [0.717, 1.165) is 5.56 Å². The van der Waals surface area contributed by atoms with E-state index in [-0.39, 0.29) is 12.4 Å². The molecular formula is C19H18FNO3. The van der Waals surface area contributed by atoms with Crippen molar-refractivity contribution in [1.82, 2.24) is 4.98 Å². The lowest BCUT2D eigenvalue weighted by Gasteiger charge is -2.17. The van der Waals surface area contributed by atoms with Crippen LogP contribution >= 0.6 is 0 Å². The lowest BCUT2D eigenvalue weighted by molar-refractivity contribution is 0.0785. The van der Waals surface area contributed by atoms with E-state index in [2.05, 4.69) is 4.98 Å². The van der Waals surface area contributed by atoms with Crippen molar-refractivity contribution >= 4 is 0 Å². The smallest absolute Gasteiger partial charge is 0.226 e. The molecule has 0 spiro atoms. The summed E-state index contributed by atoms with van der Waals surface area (Å²) in [5, 5.41) is 9.93. The van der Waals surface area contributed by atoms with E-state index < -0.39 is 5.60 Å². The van der Waals surface area contributed by atoms with E-state index in [1.807, 2.05) is 12.1 Å². The van der Waals surface area contributed by atoms with Crippen LogP contribution in [0.2, 0.25) is 0 Å². The van der Waals surface area contributed by atoms with Crippen LogP contribution in [0.15, 0.2) is 59.2 Å². The van der Waals surface area contributed by atoms with Gasteiger partial charge in [-0.2, -0.15) is 0 Å². The second kappa shape index (κ2) is 6.45. The highest BCUT2D eigenvalue weighted by Gasteiger charge is 2.15. The number of hydrogen-bond donors (Lipinski definition) is 1. The largest absolute Gasteiger partial charge is 0.487 e. The normalized spacial score (nSPS) is 11.5. The number of ether oxygens (including phenoxy) is 1. The number of oxazole rings is 1. The Morgan fingerprint density at radius 1 is 1.17 bits per heavy atom. The molecule has 0 bridgehead atoms. The topological polar surface area (TPSA) is 55.5 Å². The molecule has 3 aromatic rings. The van der Waals surface area contributed by atoms with Crippen LogP contribution in [-0.4, -0.2) is 10.1 Å². The first-order chi connectivity index (χ1) is 11.4. The fourth-order valence-electron chi connectivity index (χ4n) is 2.24.